The third kappa shape index (κ3) is 6.87. The minimum absolute atomic E-state index is 0.235. The Balaban J connectivity index is 1.32. The summed E-state index contributed by atoms with van der Waals surface area (Å²) in [6.07, 6.45) is 10.4. The van der Waals surface area contributed by atoms with Crippen LogP contribution in [0.2, 0.25) is 0 Å². The fourth-order valence-corrected chi connectivity index (χ4v) is 5.75. The van der Waals surface area contributed by atoms with Crippen molar-refractivity contribution in [2.45, 2.75) is 33.1 Å². The number of ether oxygens (including phenoxy) is 3. The van der Waals surface area contributed by atoms with Gasteiger partial charge in [0, 0.05) is 17.3 Å². The molecule has 3 aromatic carbocycles. The van der Waals surface area contributed by atoms with E-state index in [4.69, 9.17) is 19.3 Å². The number of benzene rings is 3. The number of rotatable bonds is 13. The van der Waals surface area contributed by atoms with Crippen molar-refractivity contribution in [1.82, 2.24) is 24.4 Å². The van der Waals surface area contributed by atoms with Crippen molar-refractivity contribution in [3.05, 3.63) is 111 Å². The molecule has 0 atom stereocenters. The van der Waals surface area contributed by atoms with E-state index >= 15 is 0 Å². The van der Waals surface area contributed by atoms with Crippen molar-refractivity contribution in [3.63, 3.8) is 0 Å². The zero-order valence-electron chi connectivity index (χ0n) is 26.1. The van der Waals surface area contributed by atoms with Gasteiger partial charge in [0.25, 0.3) is 5.56 Å². The highest BCUT2D eigenvalue weighted by Crippen LogP contribution is 2.30. The summed E-state index contributed by atoms with van der Waals surface area (Å²) in [5.41, 5.74) is 4.03. The molecule has 0 aliphatic heterocycles. The Morgan fingerprint density at radius 2 is 1.74 bits per heavy atom. The van der Waals surface area contributed by atoms with Crippen LogP contribution in [0.4, 0.5) is 0 Å². The van der Waals surface area contributed by atoms with Gasteiger partial charge in [0.1, 0.15) is 11.4 Å². The number of unbranched alkanes of at least 4 members (excludes halogenated alkanes) is 1. The van der Waals surface area contributed by atoms with Gasteiger partial charge in [0.2, 0.25) is 4.96 Å². The fraction of sp³-hybridized carbons (Fsp3) is 0.222. The lowest BCUT2D eigenvalue weighted by atomic mass is 10.1. The zero-order valence-corrected chi connectivity index (χ0v) is 26.9. The van der Waals surface area contributed by atoms with Crippen molar-refractivity contribution in [1.29, 1.82) is 0 Å². The Hall–Kier alpha value is -5.22. The van der Waals surface area contributed by atoms with Crippen molar-refractivity contribution >= 4 is 34.5 Å². The summed E-state index contributed by atoms with van der Waals surface area (Å²) >= 11 is 1.29. The third-order valence-electron chi connectivity index (χ3n) is 7.20. The molecule has 3 aromatic heterocycles. The molecule has 6 aromatic rings. The lowest BCUT2D eigenvalue weighted by Gasteiger charge is -2.10. The highest BCUT2D eigenvalue weighted by atomic mass is 32.1. The summed E-state index contributed by atoms with van der Waals surface area (Å²) in [6.45, 7) is 5.47. The predicted molar refractivity (Wildman–Crippen MR) is 183 cm³/mol. The molecule has 0 fully saturated rings. The summed E-state index contributed by atoms with van der Waals surface area (Å²) < 4.78 is 20.9. The van der Waals surface area contributed by atoms with Crippen molar-refractivity contribution in [3.8, 4) is 34.2 Å². The van der Waals surface area contributed by atoms with E-state index in [2.05, 4.69) is 23.9 Å². The van der Waals surface area contributed by atoms with Crippen LogP contribution in [0.3, 0.4) is 0 Å². The maximum Gasteiger partial charge on any atom is 0.291 e. The maximum absolute atomic E-state index is 13.5. The summed E-state index contributed by atoms with van der Waals surface area (Å²) in [5.74, 6) is 2.58. The second-order valence-corrected chi connectivity index (χ2v) is 11.6. The Morgan fingerprint density at radius 3 is 2.52 bits per heavy atom. The number of methoxy groups -OCH3 is 1. The third-order valence-corrected chi connectivity index (χ3v) is 8.16. The van der Waals surface area contributed by atoms with E-state index < -0.39 is 0 Å². The van der Waals surface area contributed by atoms with Gasteiger partial charge in [0.05, 0.1) is 30.5 Å². The monoisotopic (exact) mass is 633 g/mol. The molecule has 234 valence electrons. The van der Waals surface area contributed by atoms with E-state index in [-0.39, 0.29) is 5.56 Å². The van der Waals surface area contributed by atoms with E-state index in [1.54, 1.807) is 13.2 Å². The largest absolute Gasteiger partial charge is 0.494 e. The molecule has 0 spiro atoms. The number of aromatic nitrogens is 5. The minimum atomic E-state index is -0.235. The van der Waals surface area contributed by atoms with Gasteiger partial charge in [-0.15, -0.1) is 5.10 Å². The molecule has 0 saturated heterocycles. The molecule has 3 heterocycles. The van der Waals surface area contributed by atoms with E-state index in [1.165, 1.54) is 15.9 Å². The van der Waals surface area contributed by atoms with Gasteiger partial charge < -0.3 is 14.2 Å². The van der Waals surface area contributed by atoms with Gasteiger partial charge in [-0.2, -0.15) is 14.6 Å². The highest BCUT2D eigenvalue weighted by Gasteiger charge is 2.15. The molecular formula is C36H35N5O4S. The van der Waals surface area contributed by atoms with Gasteiger partial charge in [0.15, 0.2) is 17.3 Å². The molecule has 0 bridgehead atoms. The first-order valence-electron chi connectivity index (χ1n) is 15.3. The van der Waals surface area contributed by atoms with Crippen molar-refractivity contribution < 1.29 is 14.2 Å². The van der Waals surface area contributed by atoms with Crippen LogP contribution in [0, 0.1) is 0 Å². The molecule has 0 N–H and O–H groups in total. The first-order chi connectivity index (χ1) is 22.6. The van der Waals surface area contributed by atoms with Crippen LogP contribution < -0.4 is 24.3 Å². The van der Waals surface area contributed by atoms with Crippen LogP contribution in [0.25, 0.3) is 40.1 Å². The second-order valence-electron chi connectivity index (χ2n) is 10.6. The molecule has 0 saturated carbocycles. The van der Waals surface area contributed by atoms with E-state index in [0.717, 1.165) is 53.1 Å². The number of fused-ring (bicyclic) bond motifs is 1. The van der Waals surface area contributed by atoms with Gasteiger partial charge >= 0.3 is 0 Å². The highest BCUT2D eigenvalue weighted by molar-refractivity contribution is 7.15. The SMILES string of the molecule is CCCCOc1cccc(-c2nn(-c3ccccc3)cc2/C=c2\sc3nc(/C=C/c4ccc(OCCC)c(OC)c4)nn3c2=O)c1. The molecule has 9 nitrogen and oxygen atoms in total. The van der Waals surface area contributed by atoms with Crippen LogP contribution in [0.1, 0.15) is 50.1 Å². The number of hydrogen-bond donors (Lipinski definition) is 0. The minimum Gasteiger partial charge on any atom is -0.494 e. The first kappa shape index (κ1) is 30.8. The molecule has 0 aliphatic carbocycles. The van der Waals surface area contributed by atoms with Gasteiger partial charge in [-0.3, -0.25) is 4.79 Å². The van der Waals surface area contributed by atoms with Crippen molar-refractivity contribution in [2.75, 3.05) is 20.3 Å². The van der Waals surface area contributed by atoms with Crippen LogP contribution in [0.15, 0.2) is 83.8 Å². The number of nitrogens with zero attached hydrogens (tertiary/aromatic N) is 5. The Morgan fingerprint density at radius 1 is 0.870 bits per heavy atom. The van der Waals surface area contributed by atoms with Crippen molar-refractivity contribution in [2.24, 2.45) is 0 Å². The molecule has 0 amide bonds. The number of para-hydroxylation sites is 1. The van der Waals surface area contributed by atoms with E-state index in [9.17, 15) is 4.79 Å². The predicted octanol–water partition coefficient (Wildman–Crippen LogP) is 6.70. The van der Waals surface area contributed by atoms with Crippen LogP contribution in [-0.4, -0.2) is 44.7 Å². The molecule has 0 unspecified atom stereocenters. The average molecular weight is 634 g/mol. The quantitative estimate of drug-likeness (QED) is 0.131. The van der Waals surface area contributed by atoms with Gasteiger partial charge in [-0.1, -0.05) is 74.1 Å². The molecule has 10 heteroatoms. The Kier molecular flexibility index (Phi) is 9.54. The van der Waals surface area contributed by atoms with Crippen LogP contribution >= 0.6 is 11.3 Å². The lowest BCUT2D eigenvalue weighted by molar-refractivity contribution is 0.294. The second kappa shape index (κ2) is 14.3. The van der Waals surface area contributed by atoms with Crippen LogP contribution in [0.5, 0.6) is 17.2 Å². The molecular weight excluding hydrogens is 598 g/mol. The Labute approximate surface area is 271 Å². The zero-order chi connectivity index (χ0) is 31.9. The molecule has 0 aliphatic rings. The number of hydrogen-bond acceptors (Lipinski definition) is 8. The van der Waals surface area contributed by atoms with Gasteiger partial charge in [-0.25, -0.2) is 4.68 Å². The molecule has 46 heavy (non-hydrogen) atoms. The van der Waals surface area contributed by atoms with Gasteiger partial charge in [-0.05, 0) is 67.0 Å². The maximum atomic E-state index is 13.5. The normalized spacial score (nSPS) is 11.9. The smallest absolute Gasteiger partial charge is 0.291 e. The van der Waals surface area contributed by atoms with E-state index in [1.807, 2.05) is 95.8 Å². The molecule has 6 rings (SSSR count). The van der Waals surface area contributed by atoms with E-state index in [0.29, 0.717) is 40.0 Å². The standard InChI is InChI=1S/C36H35N5O4S/c1-4-6-20-44-29-14-10-11-26(22-29)34-27(24-40(39-34)28-12-8-7-9-13-28)23-32-35(42)41-36(46-32)37-33(38-41)18-16-25-15-17-30(45-19-5-2)31(21-25)43-3/h7-18,21-24H,4-6,19-20H2,1-3H3/b18-16+,32-23-. The summed E-state index contributed by atoms with van der Waals surface area (Å²) in [5, 5.41) is 9.40. The lowest BCUT2D eigenvalue weighted by Crippen LogP contribution is -2.23. The summed E-state index contributed by atoms with van der Waals surface area (Å²) in [4.78, 5) is 18.6. The summed E-state index contributed by atoms with van der Waals surface area (Å²) in [7, 11) is 1.62. The topological polar surface area (TPSA) is 92.8 Å². The molecule has 0 radical (unpaired) electrons. The Bertz CT molecular complexity index is 2080. The van der Waals surface area contributed by atoms with Crippen LogP contribution in [-0.2, 0) is 0 Å². The summed E-state index contributed by atoms with van der Waals surface area (Å²) in [6, 6.07) is 23.5. The average Bonchev–Trinajstić information content (AvgIpc) is 3.78. The first-order valence-corrected chi connectivity index (χ1v) is 16.2. The fourth-order valence-electron chi connectivity index (χ4n) is 4.85. The number of thiazole rings is 1.